The van der Waals surface area contributed by atoms with Crippen LogP contribution in [0.4, 0.5) is 14.9 Å². The van der Waals surface area contributed by atoms with Crippen molar-refractivity contribution in [2.75, 3.05) is 18.0 Å². The van der Waals surface area contributed by atoms with E-state index >= 15 is 0 Å². The van der Waals surface area contributed by atoms with Crippen molar-refractivity contribution < 1.29 is 18.7 Å². The smallest absolute Gasteiger partial charge is 0.414 e. The molecule has 1 aromatic heterocycles. The van der Waals surface area contributed by atoms with E-state index in [1.54, 1.807) is 17.1 Å². The van der Waals surface area contributed by atoms with E-state index < -0.39 is 18.0 Å². The molecule has 2 atom stereocenters. The lowest BCUT2D eigenvalue weighted by Crippen LogP contribution is -2.33. The van der Waals surface area contributed by atoms with Gasteiger partial charge in [-0.15, -0.1) is 0 Å². The summed E-state index contributed by atoms with van der Waals surface area (Å²) in [4.78, 5) is 28.2. The SMILES string of the molecule is CC(=O)NC[C@H]1CN(c2ccc(C(=N)C[C@@H](C)n3cncn3)c(F)c2)C(=O)O1. The van der Waals surface area contributed by atoms with Gasteiger partial charge in [0.2, 0.25) is 5.91 Å². The molecular formula is C18H21FN6O3. The number of halogens is 1. The molecule has 2 N–H and O–H groups in total. The minimum atomic E-state index is -0.600. The number of hydrogen-bond acceptors (Lipinski definition) is 6. The minimum absolute atomic E-state index is 0.125. The van der Waals surface area contributed by atoms with Gasteiger partial charge in [0.15, 0.2) is 0 Å². The lowest BCUT2D eigenvalue weighted by molar-refractivity contribution is -0.119. The normalized spacial score (nSPS) is 17.3. The van der Waals surface area contributed by atoms with Crippen molar-refractivity contribution in [2.45, 2.75) is 32.4 Å². The van der Waals surface area contributed by atoms with E-state index in [0.717, 1.165) is 0 Å². The number of benzene rings is 1. The van der Waals surface area contributed by atoms with Crippen LogP contribution in [0.1, 0.15) is 31.9 Å². The molecule has 1 aromatic carbocycles. The zero-order chi connectivity index (χ0) is 20.3. The second kappa shape index (κ2) is 8.15. The molecule has 2 heterocycles. The first-order valence-electron chi connectivity index (χ1n) is 8.79. The molecule has 2 aromatic rings. The Morgan fingerprint density at radius 1 is 1.50 bits per heavy atom. The van der Waals surface area contributed by atoms with Gasteiger partial charge in [0.05, 0.1) is 24.8 Å². The van der Waals surface area contributed by atoms with Crippen molar-refractivity contribution in [1.82, 2.24) is 20.1 Å². The summed E-state index contributed by atoms with van der Waals surface area (Å²) >= 11 is 0. The van der Waals surface area contributed by atoms with Crippen molar-refractivity contribution in [3.63, 3.8) is 0 Å². The average Bonchev–Trinajstić information content (AvgIpc) is 3.29. The number of anilines is 1. The molecule has 148 valence electrons. The summed E-state index contributed by atoms with van der Waals surface area (Å²) in [6.07, 6.45) is 2.14. The molecule has 9 nitrogen and oxygen atoms in total. The summed E-state index contributed by atoms with van der Waals surface area (Å²) in [5.74, 6) is -0.810. The molecule has 0 saturated carbocycles. The Kier molecular flexibility index (Phi) is 5.67. The number of carbonyl (C=O) groups excluding carboxylic acids is 2. The fourth-order valence-electron chi connectivity index (χ4n) is 2.96. The summed E-state index contributed by atoms with van der Waals surface area (Å²) in [6.45, 7) is 3.65. The Morgan fingerprint density at radius 3 is 2.93 bits per heavy atom. The van der Waals surface area contributed by atoms with E-state index in [1.807, 2.05) is 6.92 Å². The number of aromatic nitrogens is 3. The van der Waals surface area contributed by atoms with Crippen LogP contribution in [0.5, 0.6) is 0 Å². The van der Waals surface area contributed by atoms with E-state index in [0.29, 0.717) is 5.69 Å². The molecule has 0 spiro atoms. The van der Waals surface area contributed by atoms with Crippen molar-refractivity contribution in [2.24, 2.45) is 0 Å². The first-order valence-corrected chi connectivity index (χ1v) is 8.79. The largest absolute Gasteiger partial charge is 0.442 e. The number of cyclic esters (lactones) is 1. The zero-order valence-corrected chi connectivity index (χ0v) is 15.6. The molecule has 2 amide bonds. The van der Waals surface area contributed by atoms with Gasteiger partial charge < -0.3 is 15.5 Å². The van der Waals surface area contributed by atoms with Crippen LogP contribution in [0.25, 0.3) is 0 Å². The first kappa shape index (κ1) is 19.5. The van der Waals surface area contributed by atoms with Gasteiger partial charge >= 0.3 is 6.09 Å². The molecule has 3 rings (SSSR count). The van der Waals surface area contributed by atoms with Crippen molar-refractivity contribution in [3.8, 4) is 0 Å². The van der Waals surface area contributed by atoms with Crippen LogP contribution in [0, 0.1) is 11.2 Å². The summed E-state index contributed by atoms with van der Waals surface area (Å²) < 4.78 is 21.4. The second-order valence-corrected chi connectivity index (χ2v) is 6.62. The standard InChI is InChI=1S/C18H21FN6O3/c1-11(25-10-21-9-23-25)5-17(20)15-4-3-13(6-16(15)19)24-8-14(28-18(24)27)7-22-12(2)26/h3-4,6,9-11,14,20H,5,7-8H2,1-2H3,(H,22,26)/t11-,14+/m1/s1. The van der Waals surface area contributed by atoms with E-state index in [2.05, 4.69) is 15.4 Å². The van der Waals surface area contributed by atoms with Crippen LogP contribution < -0.4 is 10.2 Å². The average molecular weight is 388 g/mol. The van der Waals surface area contributed by atoms with Gasteiger partial charge in [0.1, 0.15) is 24.6 Å². The fourth-order valence-corrected chi connectivity index (χ4v) is 2.96. The second-order valence-electron chi connectivity index (χ2n) is 6.62. The summed E-state index contributed by atoms with van der Waals surface area (Å²) in [6, 6.07) is 4.13. The third-order valence-corrected chi connectivity index (χ3v) is 4.43. The molecule has 1 aliphatic rings. The number of nitrogens with one attached hydrogen (secondary N) is 2. The summed E-state index contributed by atoms with van der Waals surface area (Å²) in [5, 5.41) is 14.8. The number of hydrogen-bond donors (Lipinski definition) is 2. The summed E-state index contributed by atoms with van der Waals surface area (Å²) in [5.41, 5.74) is 0.631. The molecule has 1 fully saturated rings. The lowest BCUT2D eigenvalue weighted by atomic mass is 10.0. The maximum atomic E-state index is 14.6. The van der Waals surface area contributed by atoms with Gasteiger partial charge in [-0.05, 0) is 25.1 Å². The number of ether oxygens (including phenoxy) is 1. The molecule has 0 bridgehead atoms. The number of carbonyl (C=O) groups is 2. The number of amides is 2. The van der Waals surface area contributed by atoms with E-state index in [9.17, 15) is 14.0 Å². The Hall–Kier alpha value is -3.30. The molecule has 1 aliphatic heterocycles. The van der Waals surface area contributed by atoms with Crippen LogP contribution >= 0.6 is 0 Å². The maximum absolute atomic E-state index is 14.6. The van der Waals surface area contributed by atoms with Crippen LogP contribution in [-0.2, 0) is 9.53 Å². The minimum Gasteiger partial charge on any atom is -0.442 e. The van der Waals surface area contributed by atoms with E-state index in [1.165, 1.54) is 30.3 Å². The molecule has 0 radical (unpaired) electrons. The molecule has 28 heavy (non-hydrogen) atoms. The Bertz CT molecular complexity index is 885. The topological polar surface area (TPSA) is 113 Å². The van der Waals surface area contributed by atoms with Crippen LogP contribution in [0.15, 0.2) is 30.9 Å². The first-order chi connectivity index (χ1) is 13.3. The van der Waals surface area contributed by atoms with Crippen LogP contribution in [-0.4, -0.2) is 51.7 Å². The third-order valence-electron chi connectivity index (χ3n) is 4.43. The van der Waals surface area contributed by atoms with Gasteiger partial charge in [0.25, 0.3) is 0 Å². The molecule has 10 heteroatoms. The number of nitrogens with zero attached hydrogens (tertiary/aromatic N) is 4. The van der Waals surface area contributed by atoms with Crippen LogP contribution in [0.3, 0.4) is 0 Å². The van der Waals surface area contributed by atoms with Gasteiger partial charge in [-0.1, -0.05) is 0 Å². The van der Waals surface area contributed by atoms with E-state index in [4.69, 9.17) is 10.1 Å². The molecular weight excluding hydrogens is 367 g/mol. The molecule has 1 saturated heterocycles. The highest BCUT2D eigenvalue weighted by Gasteiger charge is 2.32. The Labute approximate surface area is 161 Å². The maximum Gasteiger partial charge on any atom is 0.414 e. The third kappa shape index (κ3) is 4.33. The van der Waals surface area contributed by atoms with Crippen molar-refractivity contribution >= 4 is 23.4 Å². The fraction of sp³-hybridized carbons (Fsp3) is 0.389. The zero-order valence-electron chi connectivity index (χ0n) is 15.6. The summed E-state index contributed by atoms with van der Waals surface area (Å²) in [7, 11) is 0. The van der Waals surface area contributed by atoms with Gasteiger partial charge in [-0.2, -0.15) is 5.10 Å². The van der Waals surface area contributed by atoms with Gasteiger partial charge in [-0.3, -0.25) is 9.69 Å². The molecule has 0 aliphatic carbocycles. The Balaban J connectivity index is 1.67. The van der Waals surface area contributed by atoms with E-state index in [-0.39, 0.29) is 42.7 Å². The quantitative estimate of drug-likeness (QED) is 0.704. The van der Waals surface area contributed by atoms with Crippen molar-refractivity contribution in [3.05, 3.63) is 42.2 Å². The van der Waals surface area contributed by atoms with Crippen LogP contribution in [0.2, 0.25) is 0 Å². The monoisotopic (exact) mass is 388 g/mol. The molecule has 0 unspecified atom stereocenters. The highest BCUT2D eigenvalue weighted by molar-refractivity contribution is 5.99. The Morgan fingerprint density at radius 2 is 2.29 bits per heavy atom. The lowest BCUT2D eigenvalue weighted by Gasteiger charge is -2.16. The highest BCUT2D eigenvalue weighted by Crippen LogP contribution is 2.25. The predicted molar refractivity (Wildman–Crippen MR) is 98.9 cm³/mol. The van der Waals surface area contributed by atoms with Gasteiger partial charge in [0, 0.05) is 24.6 Å². The van der Waals surface area contributed by atoms with Crippen molar-refractivity contribution in [1.29, 1.82) is 5.41 Å². The number of rotatable bonds is 7. The predicted octanol–water partition coefficient (Wildman–Crippen LogP) is 1.90. The highest BCUT2D eigenvalue weighted by atomic mass is 19.1. The van der Waals surface area contributed by atoms with Gasteiger partial charge in [-0.25, -0.2) is 18.9 Å².